The molecule has 3 nitrogen and oxygen atoms in total. The molecule has 4 rings (SSSR count). The smallest absolute Gasteiger partial charge is 0.232 e. The summed E-state index contributed by atoms with van der Waals surface area (Å²) < 4.78 is 15.3. The zero-order valence-corrected chi connectivity index (χ0v) is 15.6. The molecule has 0 saturated heterocycles. The van der Waals surface area contributed by atoms with E-state index >= 15 is 0 Å². The van der Waals surface area contributed by atoms with E-state index in [1.807, 2.05) is 24.3 Å². The van der Waals surface area contributed by atoms with Crippen LogP contribution in [0.25, 0.3) is 0 Å². The minimum absolute atomic E-state index is 0.0602. The maximum atomic E-state index is 14.4. The summed E-state index contributed by atoms with van der Waals surface area (Å²) in [5, 5.41) is 0. The van der Waals surface area contributed by atoms with E-state index in [0.29, 0.717) is 30.5 Å². The van der Waals surface area contributed by atoms with Gasteiger partial charge in [0.2, 0.25) is 5.91 Å². The second kappa shape index (κ2) is 6.80. The molecular formula is C21H17BrFNO2. The van der Waals surface area contributed by atoms with Gasteiger partial charge in [-0.2, -0.15) is 0 Å². The standard InChI is InChI=1S/C21H17BrFNO2/c22-14-6-3-5-13(11-14)15-12-20(26)24(17-8-2-1-7-16(17)23)18-9-4-10-19(25)21(15)18/h1-3,5-8,11,15H,4,9-10,12H2. The second-order valence-corrected chi connectivity index (χ2v) is 7.55. The zero-order chi connectivity index (χ0) is 18.3. The maximum Gasteiger partial charge on any atom is 0.232 e. The Kier molecular flexibility index (Phi) is 4.49. The number of carbonyl (C=O) groups is 2. The molecule has 2 aliphatic rings. The number of benzene rings is 2. The number of hydrogen-bond acceptors (Lipinski definition) is 2. The molecule has 0 spiro atoms. The van der Waals surface area contributed by atoms with Gasteiger partial charge in [-0.15, -0.1) is 0 Å². The molecule has 1 atom stereocenters. The summed E-state index contributed by atoms with van der Waals surface area (Å²) in [6.45, 7) is 0. The first kappa shape index (κ1) is 17.2. The van der Waals surface area contributed by atoms with Gasteiger partial charge in [0, 0.05) is 34.5 Å². The van der Waals surface area contributed by atoms with Crippen molar-refractivity contribution >= 4 is 33.3 Å². The molecule has 26 heavy (non-hydrogen) atoms. The first-order chi connectivity index (χ1) is 12.6. The lowest BCUT2D eigenvalue weighted by molar-refractivity contribution is -0.120. The molecular weight excluding hydrogens is 397 g/mol. The Bertz CT molecular complexity index is 937. The van der Waals surface area contributed by atoms with Crippen LogP contribution in [0.5, 0.6) is 0 Å². The highest BCUT2D eigenvalue weighted by molar-refractivity contribution is 9.10. The predicted octanol–water partition coefficient (Wildman–Crippen LogP) is 5.12. The van der Waals surface area contributed by atoms with Crippen molar-refractivity contribution in [1.29, 1.82) is 0 Å². The van der Waals surface area contributed by atoms with Gasteiger partial charge in [0.25, 0.3) is 0 Å². The topological polar surface area (TPSA) is 37.4 Å². The Morgan fingerprint density at radius 2 is 1.85 bits per heavy atom. The summed E-state index contributed by atoms with van der Waals surface area (Å²) in [7, 11) is 0. The number of amides is 1. The Balaban J connectivity index is 1.89. The number of anilines is 1. The Hall–Kier alpha value is -2.27. The van der Waals surface area contributed by atoms with Crippen molar-refractivity contribution in [2.24, 2.45) is 0 Å². The number of hydrogen-bond donors (Lipinski definition) is 0. The van der Waals surface area contributed by atoms with Gasteiger partial charge < -0.3 is 0 Å². The lowest BCUT2D eigenvalue weighted by atomic mass is 9.77. The summed E-state index contributed by atoms with van der Waals surface area (Å²) in [6.07, 6.45) is 1.92. The van der Waals surface area contributed by atoms with E-state index in [-0.39, 0.29) is 29.7 Å². The molecule has 132 valence electrons. The van der Waals surface area contributed by atoms with Crippen molar-refractivity contribution in [1.82, 2.24) is 0 Å². The molecule has 2 aromatic carbocycles. The van der Waals surface area contributed by atoms with Crippen molar-refractivity contribution in [3.8, 4) is 0 Å². The molecule has 1 aliphatic carbocycles. The Morgan fingerprint density at radius 3 is 2.62 bits per heavy atom. The average molecular weight is 414 g/mol. The van der Waals surface area contributed by atoms with E-state index in [2.05, 4.69) is 15.9 Å². The molecule has 5 heteroatoms. The molecule has 0 fully saturated rings. The first-order valence-electron chi connectivity index (χ1n) is 8.65. The predicted molar refractivity (Wildman–Crippen MR) is 101 cm³/mol. The van der Waals surface area contributed by atoms with Crippen LogP contribution in [0, 0.1) is 5.82 Å². The van der Waals surface area contributed by atoms with E-state index in [1.165, 1.54) is 11.0 Å². The van der Waals surface area contributed by atoms with Gasteiger partial charge in [-0.1, -0.05) is 40.2 Å². The highest BCUT2D eigenvalue weighted by atomic mass is 79.9. The van der Waals surface area contributed by atoms with Gasteiger partial charge in [-0.3, -0.25) is 14.5 Å². The fourth-order valence-corrected chi connectivity index (χ4v) is 4.33. The SMILES string of the molecule is O=C1CCCC2=C1C(c1cccc(Br)c1)CC(=O)N2c1ccccc1F. The van der Waals surface area contributed by atoms with Crippen LogP contribution in [0.1, 0.15) is 37.2 Å². The molecule has 1 aliphatic heterocycles. The van der Waals surface area contributed by atoms with Crippen LogP contribution in [0.15, 0.2) is 64.3 Å². The monoisotopic (exact) mass is 413 g/mol. The lowest BCUT2D eigenvalue weighted by Crippen LogP contribution is -2.41. The van der Waals surface area contributed by atoms with Crippen molar-refractivity contribution in [2.75, 3.05) is 4.90 Å². The maximum absolute atomic E-state index is 14.4. The molecule has 0 saturated carbocycles. The van der Waals surface area contributed by atoms with Crippen LogP contribution < -0.4 is 4.90 Å². The van der Waals surface area contributed by atoms with Crippen molar-refractivity contribution < 1.29 is 14.0 Å². The number of carbonyl (C=O) groups excluding carboxylic acids is 2. The molecule has 2 aromatic rings. The summed E-state index contributed by atoms with van der Waals surface area (Å²) in [6, 6.07) is 13.9. The summed E-state index contributed by atoms with van der Waals surface area (Å²) in [5.41, 5.74) is 2.49. The molecule has 1 amide bonds. The minimum atomic E-state index is -0.452. The third kappa shape index (κ3) is 2.90. The van der Waals surface area contributed by atoms with Gasteiger partial charge in [0.05, 0.1) is 5.69 Å². The largest absolute Gasteiger partial charge is 0.294 e. The quantitative estimate of drug-likeness (QED) is 0.685. The van der Waals surface area contributed by atoms with Gasteiger partial charge in [-0.05, 0) is 42.7 Å². The van der Waals surface area contributed by atoms with Crippen LogP contribution in [0.3, 0.4) is 0 Å². The fourth-order valence-electron chi connectivity index (χ4n) is 3.91. The number of ketones is 1. The first-order valence-corrected chi connectivity index (χ1v) is 9.45. The number of allylic oxidation sites excluding steroid dienone is 2. The van der Waals surface area contributed by atoms with Crippen LogP contribution in [0.2, 0.25) is 0 Å². The average Bonchev–Trinajstić information content (AvgIpc) is 2.62. The molecule has 1 heterocycles. The third-order valence-electron chi connectivity index (χ3n) is 5.02. The van der Waals surface area contributed by atoms with Crippen molar-refractivity contribution in [3.05, 3.63) is 75.7 Å². The fraction of sp³-hybridized carbons (Fsp3) is 0.238. The van der Waals surface area contributed by atoms with E-state index < -0.39 is 5.82 Å². The summed E-state index contributed by atoms with van der Waals surface area (Å²) in [5.74, 6) is -0.837. The van der Waals surface area contributed by atoms with Crippen LogP contribution in [-0.2, 0) is 9.59 Å². The normalized spacial score (nSPS) is 20.4. The van der Waals surface area contributed by atoms with E-state index in [0.717, 1.165) is 10.0 Å². The number of nitrogens with zero attached hydrogens (tertiary/aromatic N) is 1. The van der Waals surface area contributed by atoms with Gasteiger partial charge >= 0.3 is 0 Å². The number of Topliss-reactive ketones (excluding diaryl/α,β-unsaturated/α-hetero) is 1. The van der Waals surface area contributed by atoms with Gasteiger partial charge in [0.1, 0.15) is 5.82 Å². The molecule has 0 aromatic heterocycles. The summed E-state index contributed by atoms with van der Waals surface area (Å²) >= 11 is 3.46. The molecule has 1 unspecified atom stereocenters. The van der Waals surface area contributed by atoms with Crippen molar-refractivity contribution in [3.63, 3.8) is 0 Å². The second-order valence-electron chi connectivity index (χ2n) is 6.63. The molecule has 0 bridgehead atoms. The zero-order valence-electron chi connectivity index (χ0n) is 14.0. The number of halogens is 2. The van der Waals surface area contributed by atoms with Crippen LogP contribution in [-0.4, -0.2) is 11.7 Å². The third-order valence-corrected chi connectivity index (χ3v) is 5.51. The lowest BCUT2D eigenvalue weighted by Gasteiger charge is -2.38. The highest BCUT2D eigenvalue weighted by Gasteiger charge is 2.40. The van der Waals surface area contributed by atoms with Crippen LogP contribution >= 0.6 is 15.9 Å². The van der Waals surface area contributed by atoms with Gasteiger partial charge in [0.15, 0.2) is 5.78 Å². The molecule has 0 radical (unpaired) electrons. The van der Waals surface area contributed by atoms with E-state index in [9.17, 15) is 14.0 Å². The molecule has 0 N–H and O–H groups in total. The van der Waals surface area contributed by atoms with Crippen LogP contribution in [0.4, 0.5) is 10.1 Å². The van der Waals surface area contributed by atoms with E-state index in [1.54, 1.807) is 18.2 Å². The Morgan fingerprint density at radius 1 is 1.04 bits per heavy atom. The van der Waals surface area contributed by atoms with E-state index in [4.69, 9.17) is 0 Å². The Labute approximate surface area is 159 Å². The summed E-state index contributed by atoms with van der Waals surface area (Å²) in [4.78, 5) is 27.2. The minimum Gasteiger partial charge on any atom is -0.294 e. The van der Waals surface area contributed by atoms with Gasteiger partial charge in [-0.25, -0.2) is 4.39 Å². The number of para-hydroxylation sites is 1. The highest BCUT2D eigenvalue weighted by Crippen LogP contribution is 2.44. The van der Waals surface area contributed by atoms with Crippen molar-refractivity contribution in [2.45, 2.75) is 31.6 Å². The number of rotatable bonds is 2.